The van der Waals surface area contributed by atoms with E-state index in [2.05, 4.69) is 5.32 Å². The molecule has 1 saturated heterocycles. The quantitative estimate of drug-likeness (QED) is 0.905. The van der Waals surface area contributed by atoms with Crippen molar-refractivity contribution < 1.29 is 9.53 Å². The molecule has 4 nitrogen and oxygen atoms in total. The summed E-state index contributed by atoms with van der Waals surface area (Å²) in [5.74, 6) is -0.0694. The van der Waals surface area contributed by atoms with Crippen molar-refractivity contribution >= 4 is 18.3 Å². The number of rotatable bonds is 4. The molecule has 0 spiro atoms. The highest BCUT2D eigenvalue weighted by atomic mass is 35.5. The van der Waals surface area contributed by atoms with E-state index >= 15 is 0 Å². The molecule has 1 aliphatic rings. The maximum atomic E-state index is 12.4. The van der Waals surface area contributed by atoms with Crippen LogP contribution >= 0.6 is 12.4 Å². The van der Waals surface area contributed by atoms with Crippen LogP contribution in [-0.4, -0.2) is 18.6 Å². The van der Waals surface area contributed by atoms with Crippen molar-refractivity contribution in [2.24, 2.45) is 5.73 Å². The van der Waals surface area contributed by atoms with Crippen molar-refractivity contribution in [2.45, 2.75) is 25.1 Å². The van der Waals surface area contributed by atoms with Crippen molar-refractivity contribution in [3.63, 3.8) is 0 Å². The van der Waals surface area contributed by atoms with Crippen molar-refractivity contribution in [3.8, 4) is 0 Å². The normalized spacial score (nSPS) is 19.9. The number of hydrogen-bond acceptors (Lipinski definition) is 3. The van der Waals surface area contributed by atoms with E-state index in [1.165, 1.54) is 0 Å². The second-order valence-electron chi connectivity index (χ2n) is 5.47. The Labute approximate surface area is 142 Å². The lowest BCUT2D eigenvalue weighted by molar-refractivity contribution is 0.0821. The molecule has 0 saturated carbocycles. The topological polar surface area (TPSA) is 64.4 Å². The first-order valence-corrected chi connectivity index (χ1v) is 7.54. The fourth-order valence-corrected chi connectivity index (χ4v) is 2.75. The van der Waals surface area contributed by atoms with E-state index in [0.29, 0.717) is 18.7 Å². The highest BCUT2D eigenvalue weighted by Crippen LogP contribution is 2.29. The minimum Gasteiger partial charge on any atom is -0.371 e. The van der Waals surface area contributed by atoms with E-state index in [-0.39, 0.29) is 30.5 Å². The molecular formula is C18H21ClN2O2. The molecule has 23 heavy (non-hydrogen) atoms. The van der Waals surface area contributed by atoms with Crippen LogP contribution in [0.15, 0.2) is 54.6 Å². The molecular weight excluding hydrogens is 312 g/mol. The molecule has 0 radical (unpaired) electrons. The summed E-state index contributed by atoms with van der Waals surface area (Å²) in [6.45, 7) is 1.14. The van der Waals surface area contributed by atoms with E-state index in [1.807, 2.05) is 54.6 Å². The molecule has 2 aromatic rings. The Balaban J connectivity index is 0.00000192. The fourth-order valence-electron chi connectivity index (χ4n) is 2.75. The fraction of sp³-hybridized carbons (Fsp3) is 0.278. The first kappa shape index (κ1) is 17.5. The predicted molar refractivity (Wildman–Crippen MR) is 92.6 cm³/mol. The van der Waals surface area contributed by atoms with E-state index in [4.69, 9.17) is 10.5 Å². The van der Waals surface area contributed by atoms with Gasteiger partial charge in [-0.2, -0.15) is 0 Å². The standard InChI is InChI=1S/C18H20N2O2.ClH/c19-12-13-6-8-15(9-7-13)18(21)20-16-10-11-22-17(16)14-4-2-1-3-5-14;/h1-9,16-17H,10-12,19H2,(H,20,21);1H. The van der Waals surface area contributed by atoms with Gasteiger partial charge in [-0.15, -0.1) is 12.4 Å². The number of ether oxygens (including phenoxy) is 1. The van der Waals surface area contributed by atoms with Gasteiger partial charge in [-0.3, -0.25) is 4.79 Å². The second-order valence-corrected chi connectivity index (χ2v) is 5.47. The number of carbonyl (C=O) groups excluding carboxylic acids is 1. The van der Waals surface area contributed by atoms with Crippen LogP contribution in [0.4, 0.5) is 0 Å². The van der Waals surface area contributed by atoms with Crippen LogP contribution in [0, 0.1) is 0 Å². The highest BCUT2D eigenvalue weighted by molar-refractivity contribution is 5.94. The molecule has 1 amide bonds. The molecule has 0 aromatic heterocycles. The number of carbonyl (C=O) groups is 1. The third-order valence-electron chi connectivity index (χ3n) is 3.99. The minimum absolute atomic E-state index is 0. The number of benzene rings is 2. The van der Waals surface area contributed by atoms with Crippen LogP contribution < -0.4 is 11.1 Å². The zero-order chi connectivity index (χ0) is 15.4. The zero-order valence-corrected chi connectivity index (χ0v) is 13.6. The molecule has 1 heterocycles. The van der Waals surface area contributed by atoms with Gasteiger partial charge in [-0.25, -0.2) is 0 Å². The van der Waals surface area contributed by atoms with Gasteiger partial charge < -0.3 is 15.8 Å². The molecule has 3 rings (SSSR count). The highest BCUT2D eigenvalue weighted by Gasteiger charge is 2.30. The summed E-state index contributed by atoms with van der Waals surface area (Å²) in [4.78, 5) is 12.4. The van der Waals surface area contributed by atoms with E-state index in [0.717, 1.165) is 17.5 Å². The van der Waals surface area contributed by atoms with Crippen molar-refractivity contribution in [3.05, 3.63) is 71.3 Å². The summed E-state index contributed by atoms with van der Waals surface area (Å²) in [6.07, 6.45) is 0.750. The van der Waals surface area contributed by atoms with Crippen molar-refractivity contribution in [2.75, 3.05) is 6.61 Å². The van der Waals surface area contributed by atoms with Gasteiger partial charge in [0.2, 0.25) is 0 Å². The third-order valence-corrected chi connectivity index (χ3v) is 3.99. The summed E-state index contributed by atoms with van der Waals surface area (Å²) in [6, 6.07) is 17.4. The molecule has 2 unspecified atom stereocenters. The lowest BCUT2D eigenvalue weighted by Crippen LogP contribution is -2.36. The summed E-state index contributed by atoms with van der Waals surface area (Å²) in [5, 5.41) is 3.09. The third kappa shape index (κ3) is 4.10. The summed E-state index contributed by atoms with van der Waals surface area (Å²) >= 11 is 0. The van der Waals surface area contributed by atoms with E-state index < -0.39 is 0 Å². The Morgan fingerprint density at radius 1 is 1.13 bits per heavy atom. The lowest BCUT2D eigenvalue weighted by atomic mass is 10.0. The Kier molecular flexibility index (Phi) is 6.16. The Morgan fingerprint density at radius 2 is 1.83 bits per heavy atom. The maximum Gasteiger partial charge on any atom is 0.251 e. The lowest BCUT2D eigenvalue weighted by Gasteiger charge is -2.20. The van der Waals surface area contributed by atoms with Gasteiger partial charge in [0.1, 0.15) is 6.10 Å². The molecule has 1 aliphatic heterocycles. The van der Waals surface area contributed by atoms with Crippen molar-refractivity contribution in [1.82, 2.24) is 5.32 Å². The van der Waals surface area contributed by atoms with Crippen LogP contribution in [0.2, 0.25) is 0 Å². The van der Waals surface area contributed by atoms with Crippen LogP contribution in [-0.2, 0) is 11.3 Å². The summed E-state index contributed by atoms with van der Waals surface area (Å²) < 4.78 is 5.79. The van der Waals surface area contributed by atoms with E-state index in [1.54, 1.807) is 0 Å². The number of halogens is 1. The molecule has 5 heteroatoms. The van der Waals surface area contributed by atoms with Gasteiger partial charge in [0.15, 0.2) is 0 Å². The van der Waals surface area contributed by atoms with Gasteiger partial charge in [-0.05, 0) is 29.7 Å². The first-order chi connectivity index (χ1) is 10.8. The van der Waals surface area contributed by atoms with Crippen molar-refractivity contribution in [1.29, 1.82) is 0 Å². The van der Waals surface area contributed by atoms with Crippen LogP contribution in [0.5, 0.6) is 0 Å². The molecule has 2 aromatic carbocycles. The number of amides is 1. The van der Waals surface area contributed by atoms with Crippen LogP contribution in [0.3, 0.4) is 0 Å². The van der Waals surface area contributed by atoms with Gasteiger partial charge in [0.25, 0.3) is 5.91 Å². The van der Waals surface area contributed by atoms with E-state index in [9.17, 15) is 4.79 Å². The monoisotopic (exact) mass is 332 g/mol. The molecule has 3 N–H and O–H groups in total. The molecule has 0 aliphatic carbocycles. The smallest absolute Gasteiger partial charge is 0.251 e. The number of nitrogens with one attached hydrogen (secondary N) is 1. The predicted octanol–water partition coefficient (Wildman–Crippen LogP) is 2.83. The summed E-state index contributed by atoms with van der Waals surface area (Å²) in [7, 11) is 0. The SMILES string of the molecule is Cl.NCc1ccc(C(=O)NC2CCOC2c2ccccc2)cc1. The molecule has 2 atom stereocenters. The number of hydrogen-bond donors (Lipinski definition) is 2. The summed E-state index contributed by atoms with van der Waals surface area (Å²) in [5.41, 5.74) is 8.34. The second kappa shape index (κ2) is 8.11. The van der Waals surface area contributed by atoms with Gasteiger partial charge in [0.05, 0.1) is 6.04 Å². The molecule has 0 bridgehead atoms. The van der Waals surface area contributed by atoms with Gasteiger partial charge in [-0.1, -0.05) is 42.5 Å². The molecule has 1 fully saturated rings. The molecule has 122 valence electrons. The van der Waals surface area contributed by atoms with Crippen LogP contribution in [0.1, 0.15) is 34.0 Å². The Morgan fingerprint density at radius 3 is 2.48 bits per heavy atom. The first-order valence-electron chi connectivity index (χ1n) is 7.54. The average molecular weight is 333 g/mol. The van der Waals surface area contributed by atoms with Gasteiger partial charge in [0, 0.05) is 18.7 Å². The largest absolute Gasteiger partial charge is 0.371 e. The maximum absolute atomic E-state index is 12.4. The Hall–Kier alpha value is -1.88. The number of nitrogens with two attached hydrogens (primary N) is 1. The minimum atomic E-state index is -0.0755. The van der Waals surface area contributed by atoms with Crippen LogP contribution in [0.25, 0.3) is 0 Å². The Bertz CT molecular complexity index is 631. The van der Waals surface area contributed by atoms with Gasteiger partial charge >= 0.3 is 0 Å². The zero-order valence-electron chi connectivity index (χ0n) is 12.8. The average Bonchev–Trinajstić information content (AvgIpc) is 3.04.